The second kappa shape index (κ2) is 5.41. The summed E-state index contributed by atoms with van der Waals surface area (Å²) in [5.74, 6) is -0.228. The van der Waals surface area contributed by atoms with Gasteiger partial charge < -0.3 is 0 Å². The molecule has 0 spiro atoms. The molecular weight excluding hydrogens is 227 g/mol. The zero-order valence-corrected chi connectivity index (χ0v) is 10.1. The molecule has 2 aromatic carbocycles. The highest BCUT2D eigenvalue weighted by atomic mass is 19.1. The summed E-state index contributed by atoms with van der Waals surface area (Å²) in [6.07, 6.45) is 3.30. The van der Waals surface area contributed by atoms with Gasteiger partial charge in [-0.05, 0) is 47.9 Å². The summed E-state index contributed by atoms with van der Waals surface area (Å²) >= 11 is 0. The SMILES string of the molecule is CC(=O)/C=C/c1cccc(-c2ccc(F)cc2)c1. The van der Waals surface area contributed by atoms with Crippen LogP contribution in [0.5, 0.6) is 0 Å². The lowest BCUT2D eigenvalue weighted by Gasteiger charge is -2.02. The molecule has 0 amide bonds. The third-order valence-corrected chi connectivity index (χ3v) is 2.57. The summed E-state index contributed by atoms with van der Waals surface area (Å²) in [4.78, 5) is 10.9. The average Bonchev–Trinajstić information content (AvgIpc) is 2.37. The Hall–Kier alpha value is -2.22. The molecule has 90 valence electrons. The predicted molar refractivity (Wildman–Crippen MR) is 71.6 cm³/mol. The minimum atomic E-state index is -0.244. The molecule has 0 aliphatic rings. The van der Waals surface area contributed by atoms with Crippen molar-refractivity contribution in [3.63, 3.8) is 0 Å². The number of allylic oxidation sites excluding steroid dienone is 1. The molecule has 0 N–H and O–H groups in total. The predicted octanol–water partition coefficient (Wildman–Crippen LogP) is 4.09. The zero-order valence-electron chi connectivity index (χ0n) is 10.1. The molecule has 0 aromatic heterocycles. The summed E-state index contributed by atoms with van der Waals surface area (Å²) in [5.41, 5.74) is 2.90. The first-order chi connectivity index (χ1) is 8.65. The summed E-state index contributed by atoms with van der Waals surface area (Å²) in [6, 6.07) is 14.1. The van der Waals surface area contributed by atoms with Crippen LogP contribution < -0.4 is 0 Å². The van der Waals surface area contributed by atoms with Gasteiger partial charge in [0.15, 0.2) is 5.78 Å². The van der Waals surface area contributed by atoms with Crippen molar-refractivity contribution in [2.45, 2.75) is 6.92 Å². The Morgan fingerprint density at radius 2 is 1.78 bits per heavy atom. The number of benzene rings is 2. The number of carbonyl (C=O) groups excluding carboxylic acids is 1. The first-order valence-electron chi connectivity index (χ1n) is 5.70. The molecule has 0 saturated heterocycles. The molecule has 0 unspecified atom stereocenters. The maximum absolute atomic E-state index is 12.8. The van der Waals surface area contributed by atoms with E-state index in [9.17, 15) is 9.18 Å². The monoisotopic (exact) mass is 240 g/mol. The van der Waals surface area contributed by atoms with Gasteiger partial charge in [0.1, 0.15) is 5.82 Å². The molecule has 1 nitrogen and oxygen atoms in total. The minimum absolute atomic E-state index is 0.0159. The molecule has 0 saturated carbocycles. The summed E-state index contributed by atoms with van der Waals surface area (Å²) in [6.45, 7) is 1.51. The standard InChI is InChI=1S/C16H13FO/c1-12(18)5-6-13-3-2-4-15(11-13)14-7-9-16(17)10-8-14/h2-11H,1H3/b6-5+. The van der Waals surface area contributed by atoms with E-state index in [-0.39, 0.29) is 11.6 Å². The highest BCUT2D eigenvalue weighted by Gasteiger charge is 1.98. The van der Waals surface area contributed by atoms with Gasteiger partial charge in [-0.15, -0.1) is 0 Å². The lowest BCUT2D eigenvalue weighted by molar-refractivity contribution is -0.112. The van der Waals surface area contributed by atoms with E-state index in [4.69, 9.17) is 0 Å². The van der Waals surface area contributed by atoms with E-state index < -0.39 is 0 Å². The van der Waals surface area contributed by atoms with Crippen molar-refractivity contribution in [3.8, 4) is 11.1 Å². The van der Waals surface area contributed by atoms with Crippen molar-refractivity contribution >= 4 is 11.9 Å². The summed E-state index contributed by atoms with van der Waals surface area (Å²) in [7, 11) is 0. The van der Waals surface area contributed by atoms with Crippen LogP contribution in [0.3, 0.4) is 0 Å². The molecular formula is C16H13FO. The lowest BCUT2D eigenvalue weighted by atomic mass is 10.0. The van der Waals surface area contributed by atoms with Gasteiger partial charge in [-0.1, -0.05) is 36.4 Å². The zero-order chi connectivity index (χ0) is 13.0. The van der Waals surface area contributed by atoms with Gasteiger partial charge in [-0.2, -0.15) is 0 Å². The second-order valence-corrected chi connectivity index (χ2v) is 4.08. The Morgan fingerprint density at radius 1 is 1.06 bits per heavy atom. The highest BCUT2D eigenvalue weighted by Crippen LogP contribution is 2.21. The number of rotatable bonds is 3. The Morgan fingerprint density at radius 3 is 2.44 bits per heavy atom. The normalized spacial score (nSPS) is 10.8. The third kappa shape index (κ3) is 3.14. The van der Waals surface area contributed by atoms with Crippen LogP contribution >= 0.6 is 0 Å². The Labute approximate surface area is 106 Å². The lowest BCUT2D eigenvalue weighted by Crippen LogP contribution is -1.82. The van der Waals surface area contributed by atoms with E-state index in [1.807, 2.05) is 24.3 Å². The fourth-order valence-electron chi connectivity index (χ4n) is 1.68. The molecule has 0 heterocycles. The van der Waals surface area contributed by atoms with Gasteiger partial charge >= 0.3 is 0 Å². The van der Waals surface area contributed by atoms with E-state index >= 15 is 0 Å². The molecule has 2 aromatic rings. The van der Waals surface area contributed by atoms with Gasteiger partial charge in [0, 0.05) is 0 Å². The van der Waals surface area contributed by atoms with Crippen LogP contribution in [0.1, 0.15) is 12.5 Å². The number of halogens is 1. The van der Waals surface area contributed by atoms with Gasteiger partial charge in [0.25, 0.3) is 0 Å². The van der Waals surface area contributed by atoms with Gasteiger partial charge in [0.05, 0.1) is 0 Å². The third-order valence-electron chi connectivity index (χ3n) is 2.57. The maximum Gasteiger partial charge on any atom is 0.152 e. The molecule has 0 aliphatic carbocycles. The van der Waals surface area contributed by atoms with Crippen LogP contribution in [0, 0.1) is 5.82 Å². The van der Waals surface area contributed by atoms with Gasteiger partial charge in [0.2, 0.25) is 0 Å². The fraction of sp³-hybridized carbons (Fsp3) is 0.0625. The number of ketones is 1. The largest absolute Gasteiger partial charge is 0.295 e. The molecule has 2 rings (SSSR count). The second-order valence-electron chi connectivity index (χ2n) is 4.08. The minimum Gasteiger partial charge on any atom is -0.295 e. The average molecular weight is 240 g/mol. The first-order valence-corrected chi connectivity index (χ1v) is 5.70. The smallest absolute Gasteiger partial charge is 0.152 e. The molecule has 0 atom stereocenters. The number of hydrogen-bond acceptors (Lipinski definition) is 1. The Kier molecular flexibility index (Phi) is 3.68. The van der Waals surface area contributed by atoms with Crippen LogP contribution in [-0.2, 0) is 4.79 Å². The molecule has 18 heavy (non-hydrogen) atoms. The van der Waals surface area contributed by atoms with Crippen molar-refractivity contribution in [2.24, 2.45) is 0 Å². The van der Waals surface area contributed by atoms with Crippen LogP contribution in [0.2, 0.25) is 0 Å². The molecule has 0 aliphatic heterocycles. The Bertz CT molecular complexity index is 582. The van der Waals surface area contributed by atoms with E-state index in [2.05, 4.69) is 0 Å². The van der Waals surface area contributed by atoms with Gasteiger partial charge in [-0.3, -0.25) is 4.79 Å². The number of hydrogen-bond donors (Lipinski definition) is 0. The fourth-order valence-corrected chi connectivity index (χ4v) is 1.68. The Balaban J connectivity index is 2.32. The van der Waals surface area contributed by atoms with E-state index in [1.54, 1.807) is 18.2 Å². The van der Waals surface area contributed by atoms with E-state index in [0.29, 0.717) is 0 Å². The molecule has 0 radical (unpaired) electrons. The van der Waals surface area contributed by atoms with Crippen LogP contribution in [0.4, 0.5) is 4.39 Å². The van der Waals surface area contributed by atoms with Crippen molar-refractivity contribution in [2.75, 3.05) is 0 Å². The summed E-state index contributed by atoms with van der Waals surface area (Å²) in [5, 5.41) is 0. The number of carbonyl (C=O) groups is 1. The van der Waals surface area contributed by atoms with Crippen molar-refractivity contribution in [3.05, 3.63) is 66.0 Å². The van der Waals surface area contributed by atoms with E-state index in [1.165, 1.54) is 25.1 Å². The topological polar surface area (TPSA) is 17.1 Å². The maximum atomic E-state index is 12.8. The van der Waals surface area contributed by atoms with E-state index in [0.717, 1.165) is 16.7 Å². The van der Waals surface area contributed by atoms with Crippen LogP contribution in [0.15, 0.2) is 54.6 Å². The van der Waals surface area contributed by atoms with Crippen LogP contribution in [-0.4, -0.2) is 5.78 Å². The van der Waals surface area contributed by atoms with Crippen molar-refractivity contribution in [1.29, 1.82) is 0 Å². The molecule has 2 heteroatoms. The quantitative estimate of drug-likeness (QED) is 0.738. The molecule has 0 fully saturated rings. The van der Waals surface area contributed by atoms with Crippen molar-refractivity contribution < 1.29 is 9.18 Å². The summed E-state index contributed by atoms with van der Waals surface area (Å²) < 4.78 is 12.8. The molecule has 0 bridgehead atoms. The van der Waals surface area contributed by atoms with Crippen LogP contribution in [0.25, 0.3) is 17.2 Å². The van der Waals surface area contributed by atoms with Gasteiger partial charge in [-0.25, -0.2) is 4.39 Å². The van der Waals surface area contributed by atoms with Crippen molar-refractivity contribution in [1.82, 2.24) is 0 Å². The highest BCUT2D eigenvalue weighted by molar-refractivity contribution is 5.91. The first kappa shape index (κ1) is 12.2.